The second-order valence-corrected chi connectivity index (χ2v) is 7.66. The fourth-order valence-electron chi connectivity index (χ4n) is 2.23. The van der Waals surface area contributed by atoms with Crippen LogP contribution in [0.4, 0.5) is 5.69 Å². The molecule has 0 heterocycles. The lowest BCUT2D eigenvalue weighted by atomic mass is 10.2. The van der Waals surface area contributed by atoms with Crippen molar-refractivity contribution >= 4 is 27.6 Å². The molecule has 0 aliphatic carbocycles. The van der Waals surface area contributed by atoms with Crippen molar-refractivity contribution in [3.8, 4) is 6.07 Å². The van der Waals surface area contributed by atoms with Gasteiger partial charge in [-0.05, 0) is 43.3 Å². The fraction of sp³-hybridized carbons (Fsp3) is 0.150. The summed E-state index contributed by atoms with van der Waals surface area (Å²) in [4.78, 5) is 24.5. The molecule has 0 aliphatic rings. The minimum atomic E-state index is -3.81. The number of nitrogens with zero attached hydrogens (tertiary/aromatic N) is 1. The number of carbonyl (C=O) groups excluding carboxylic acids is 2. The van der Waals surface area contributed by atoms with Gasteiger partial charge >= 0.3 is 5.97 Å². The lowest BCUT2D eigenvalue weighted by Crippen LogP contribution is -2.30. The molecule has 0 fully saturated rings. The number of rotatable bonds is 8. The van der Waals surface area contributed by atoms with Gasteiger partial charge in [-0.3, -0.25) is 4.79 Å². The van der Waals surface area contributed by atoms with Gasteiger partial charge in [0.05, 0.1) is 22.1 Å². The average molecular weight is 413 g/mol. The van der Waals surface area contributed by atoms with Crippen LogP contribution < -0.4 is 10.0 Å². The summed E-state index contributed by atoms with van der Waals surface area (Å²) in [5.41, 5.74) is 0.742. The molecule has 0 saturated heterocycles. The SMILES string of the molecule is C=CCNS(=O)(=O)c1cccc(C(=O)O[C@@H](C)C(=O)Nc2cccc(C#N)c2)c1. The number of sulfonamides is 1. The van der Waals surface area contributed by atoms with E-state index in [9.17, 15) is 18.0 Å². The van der Waals surface area contributed by atoms with E-state index in [0.29, 0.717) is 11.3 Å². The lowest BCUT2D eigenvalue weighted by molar-refractivity contribution is -0.123. The van der Waals surface area contributed by atoms with Gasteiger partial charge in [0.1, 0.15) is 0 Å². The fourth-order valence-corrected chi connectivity index (χ4v) is 3.28. The molecule has 150 valence electrons. The number of hydrogen-bond donors (Lipinski definition) is 2. The van der Waals surface area contributed by atoms with Crippen LogP contribution in [0.3, 0.4) is 0 Å². The maximum atomic E-state index is 12.3. The third-order valence-corrected chi connectivity index (χ3v) is 5.13. The Hall–Kier alpha value is -3.48. The Morgan fingerprint density at radius 3 is 2.66 bits per heavy atom. The van der Waals surface area contributed by atoms with Crippen LogP contribution in [0.1, 0.15) is 22.8 Å². The van der Waals surface area contributed by atoms with E-state index < -0.39 is 28.0 Å². The van der Waals surface area contributed by atoms with Gasteiger partial charge in [-0.1, -0.05) is 18.2 Å². The average Bonchev–Trinajstić information content (AvgIpc) is 2.72. The zero-order valence-electron chi connectivity index (χ0n) is 15.6. The van der Waals surface area contributed by atoms with Crippen molar-refractivity contribution in [1.82, 2.24) is 4.72 Å². The standard InChI is InChI=1S/C20H19N3O5S/c1-3-10-22-29(26,27)18-9-5-7-16(12-18)20(25)28-14(2)19(24)23-17-8-4-6-15(11-17)13-21/h3-9,11-12,14,22H,1,10H2,2H3,(H,23,24)/t14-/m0/s1. The molecule has 8 nitrogen and oxygen atoms in total. The van der Waals surface area contributed by atoms with Crippen LogP contribution in [-0.4, -0.2) is 32.9 Å². The third kappa shape index (κ3) is 6.00. The van der Waals surface area contributed by atoms with Crippen LogP contribution >= 0.6 is 0 Å². The number of carbonyl (C=O) groups is 2. The van der Waals surface area contributed by atoms with Crippen LogP contribution in [0.25, 0.3) is 0 Å². The molecule has 0 aliphatic heterocycles. The van der Waals surface area contributed by atoms with Gasteiger partial charge in [-0.2, -0.15) is 5.26 Å². The van der Waals surface area contributed by atoms with Crippen LogP contribution in [0.15, 0.2) is 66.1 Å². The van der Waals surface area contributed by atoms with Crippen molar-refractivity contribution in [2.45, 2.75) is 17.9 Å². The molecule has 9 heteroatoms. The molecule has 0 bridgehead atoms. The molecule has 0 saturated carbocycles. The maximum absolute atomic E-state index is 12.3. The van der Waals surface area contributed by atoms with Gasteiger partial charge in [0.2, 0.25) is 10.0 Å². The summed E-state index contributed by atoms with van der Waals surface area (Å²) in [6.07, 6.45) is 0.245. The minimum Gasteiger partial charge on any atom is -0.449 e. The number of esters is 1. The van der Waals surface area contributed by atoms with Crippen LogP contribution in [0.5, 0.6) is 0 Å². The summed E-state index contributed by atoms with van der Waals surface area (Å²) in [5.74, 6) is -1.44. The van der Waals surface area contributed by atoms with E-state index in [1.54, 1.807) is 18.2 Å². The first kappa shape index (κ1) is 21.8. The zero-order valence-corrected chi connectivity index (χ0v) is 16.4. The molecule has 2 N–H and O–H groups in total. The normalized spacial score (nSPS) is 11.7. The Morgan fingerprint density at radius 1 is 1.24 bits per heavy atom. The largest absolute Gasteiger partial charge is 0.449 e. The van der Waals surface area contributed by atoms with E-state index in [2.05, 4.69) is 16.6 Å². The molecule has 2 aromatic carbocycles. The highest BCUT2D eigenvalue weighted by Crippen LogP contribution is 2.14. The summed E-state index contributed by atoms with van der Waals surface area (Å²) in [7, 11) is -3.81. The van der Waals surface area contributed by atoms with Crippen molar-refractivity contribution in [2.24, 2.45) is 0 Å². The highest BCUT2D eigenvalue weighted by molar-refractivity contribution is 7.89. The van der Waals surface area contributed by atoms with E-state index in [4.69, 9.17) is 10.00 Å². The molecule has 2 rings (SSSR count). The Labute approximate surface area is 168 Å². The van der Waals surface area contributed by atoms with E-state index in [-0.39, 0.29) is 17.0 Å². The van der Waals surface area contributed by atoms with Crippen molar-refractivity contribution in [3.05, 3.63) is 72.3 Å². The second-order valence-electron chi connectivity index (χ2n) is 5.90. The quantitative estimate of drug-likeness (QED) is 0.505. The highest BCUT2D eigenvalue weighted by Gasteiger charge is 2.21. The Balaban J connectivity index is 2.07. The Bertz CT molecular complexity index is 1070. The van der Waals surface area contributed by atoms with Gasteiger partial charge in [0.15, 0.2) is 6.10 Å². The monoisotopic (exact) mass is 413 g/mol. The first-order valence-corrected chi connectivity index (χ1v) is 9.98. The molecule has 0 radical (unpaired) electrons. The molecular formula is C20H19N3O5S. The molecular weight excluding hydrogens is 394 g/mol. The molecule has 1 amide bonds. The van der Waals surface area contributed by atoms with Crippen molar-refractivity contribution in [2.75, 3.05) is 11.9 Å². The zero-order chi connectivity index (χ0) is 21.4. The van der Waals surface area contributed by atoms with Crippen molar-refractivity contribution in [1.29, 1.82) is 5.26 Å². The summed E-state index contributed by atoms with van der Waals surface area (Å²) in [5, 5.41) is 11.4. The summed E-state index contributed by atoms with van der Waals surface area (Å²) in [6.45, 7) is 4.86. The van der Waals surface area contributed by atoms with Crippen LogP contribution in [0, 0.1) is 11.3 Å². The van der Waals surface area contributed by atoms with Gasteiger partial charge in [0.25, 0.3) is 5.91 Å². The van der Waals surface area contributed by atoms with Gasteiger partial charge in [-0.25, -0.2) is 17.9 Å². The van der Waals surface area contributed by atoms with Crippen LogP contribution in [-0.2, 0) is 19.6 Å². The number of hydrogen-bond acceptors (Lipinski definition) is 6. The summed E-state index contributed by atoms with van der Waals surface area (Å²) < 4.78 is 31.7. The smallest absolute Gasteiger partial charge is 0.338 e. The van der Waals surface area contributed by atoms with Crippen molar-refractivity contribution < 1.29 is 22.7 Å². The Kier molecular flexibility index (Phi) is 7.25. The van der Waals surface area contributed by atoms with E-state index in [1.807, 2.05) is 6.07 Å². The lowest BCUT2D eigenvalue weighted by Gasteiger charge is -2.14. The maximum Gasteiger partial charge on any atom is 0.338 e. The number of nitriles is 1. The van der Waals surface area contributed by atoms with E-state index in [1.165, 1.54) is 37.3 Å². The molecule has 0 unspecified atom stereocenters. The summed E-state index contributed by atoms with van der Waals surface area (Å²) >= 11 is 0. The first-order chi connectivity index (χ1) is 13.8. The van der Waals surface area contributed by atoms with E-state index >= 15 is 0 Å². The number of anilines is 1. The highest BCUT2D eigenvalue weighted by atomic mass is 32.2. The molecule has 1 atom stereocenters. The second kappa shape index (κ2) is 9.64. The van der Waals surface area contributed by atoms with Crippen LogP contribution in [0.2, 0.25) is 0 Å². The molecule has 2 aromatic rings. The topological polar surface area (TPSA) is 125 Å². The summed E-state index contributed by atoms with van der Waals surface area (Å²) in [6, 6.07) is 13.5. The van der Waals surface area contributed by atoms with E-state index in [0.717, 1.165) is 6.07 Å². The Morgan fingerprint density at radius 2 is 1.97 bits per heavy atom. The predicted molar refractivity (Wildman–Crippen MR) is 106 cm³/mol. The minimum absolute atomic E-state index is 0.0161. The van der Waals surface area contributed by atoms with Gasteiger partial charge in [0, 0.05) is 12.2 Å². The number of nitrogens with one attached hydrogen (secondary N) is 2. The number of benzene rings is 2. The van der Waals surface area contributed by atoms with Gasteiger partial charge < -0.3 is 10.1 Å². The molecule has 0 aromatic heterocycles. The van der Waals surface area contributed by atoms with Crippen molar-refractivity contribution in [3.63, 3.8) is 0 Å². The molecule has 0 spiro atoms. The number of amides is 1. The predicted octanol–water partition coefficient (Wildman–Crippen LogP) is 2.21. The first-order valence-electron chi connectivity index (χ1n) is 8.49. The molecule has 29 heavy (non-hydrogen) atoms. The number of ether oxygens (including phenoxy) is 1. The van der Waals surface area contributed by atoms with Gasteiger partial charge in [-0.15, -0.1) is 6.58 Å². The third-order valence-electron chi connectivity index (χ3n) is 3.71.